The number of nitrogens with zero attached hydrogens (tertiary/aromatic N) is 2. The van der Waals surface area contributed by atoms with Gasteiger partial charge in [-0.25, -0.2) is 4.99 Å². The number of aromatic amines is 1. The Balaban J connectivity index is 2.59. The lowest BCUT2D eigenvalue weighted by Gasteiger charge is -1.91. The molecule has 0 unspecified atom stereocenters. The molecule has 0 fully saturated rings. The monoisotopic (exact) mass is 194 g/mol. The molecule has 1 heterocycles. The summed E-state index contributed by atoms with van der Waals surface area (Å²) in [5.41, 5.74) is 6.74. The minimum Gasteiger partial charge on any atom is -0.387 e. The zero-order valence-corrected chi connectivity index (χ0v) is 8.88. The van der Waals surface area contributed by atoms with Gasteiger partial charge in [0.1, 0.15) is 5.84 Å². The molecule has 0 aliphatic carbocycles. The largest absolute Gasteiger partial charge is 0.387 e. The van der Waals surface area contributed by atoms with E-state index in [1.54, 1.807) is 0 Å². The zero-order chi connectivity index (χ0) is 10.4. The second-order valence-electron chi connectivity index (χ2n) is 3.31. The molecule has 0 bridgehead atoms. The van der Waals surface area contributed by atoms with Crippen LogP contribution in [0, 0.1) is 0 Å². The van der Waals surface area contributed by atoms with Gasteiger partial charge in [0.15, 0.2) is 5.82 Å². The van der Waals surface area contributed by atoms with E-state index in [-0.39, 0.29) is 0 Å². The van der Waals surface area contributed by atoms with E-state index in [0.29, 0.717) is 11.7 Å². The molecule has 1 aromatic heterocycles. The van der Waals surface area contributed by atoms with Gasteiger partial charge < -0.3 is 5.73 Å². The molecule has 0 spiro atoms. The second-order valence-corrected chi connectivity index (χ2v) is 3.31. The molecular weight excluding hydrogens is 176 g/mol. The van der Waals surface area contributed by atoms with Crippen LogP contribution in [0.15, 0.2) is 11.1 Å². The molecule has 0 saturated heterocycles. The number of aromatic nitrogens is 2. The van der Waals surface area contributed by atoms with Crippen molar-refractivity contribution in [1.82, 2.24) is 10.2 Å². The fourth-order valence-corrected chi connectivity index (χ4v) is 1.13. The summed E-state index contributed by atoms with van der Waals surface area (Å²) in [7, 11) is 0. The van der Waals surface area contributed by atoms with Gasteiger partial charge in [-0.1, -0.05) is 20.3 Å². The molecule has 0 atom stereocenters. The summed E-state index contributed by atoms with van der Waals surface area (Å²) in [5, 5.41) is 7.02. The van der Waals surface area contributed by atoms with Crippen molar-refractivity contribution in [2.24, 2.45) is 10.7 Å². The van der Waals surface area contributed by atoms with Crippen molar-refractivity contribution in [1.29, 1.82) is 0 Å². The first kappa shape index (κ1) is 10.8. The predicted molar refractivity (Wildman–Crippen MR) is 58.8 cm³/mol. The first-order valence-corrected chi connectivity index (χ1v) is 5.13. The van der Waals surface area contributed by atoms with Crippen LogP contribution in [0.1, 0.15) is 38.8 Å². The summed E-state index contributed by atoms with van der Waals surface area (Å²) in [6, 6.07) is 1.96. The van der Waals surface area contributed by atoms with Crippen LogP contribution in [0.3, 0.4) is 0 Å². The zero-order valence-electron chi connectivity index (χ0n) is 8.88. The maximum Gasteiger partial charge on any atom is 0.175 e. The molecule has 1 aromatic rings. The minimum absolute atomic E-state index is 0.624. The lowest BCUT2D eigenvalue weighted by Crippen LogP contribution is -2.08. The van der Waals surface area contributed by atoms with Crippen LogP contribution >= 0.6 is 0 Å². The molecular formula is C10H18N4. The van der Waals surface area contributed by atoms with E-state index in [9.17, 15) is 0 Å². The normalized spacial score (nSPS) is 12.0. The number of amidine groups is 1. The Morgan fingerprint density at radius 3 is 3.00 bits per heavy atom. The second kappa shape index (κ2) is 5.42. The molecule has 4 nitrogen and oxygen atoms in total. The van der Waals surface area contributed by atoms with Crippen molar-refractivity contribution in [2.75, 3.05) is 0 Å². The third-order valence-corrected chi connectivity index (χ3v) is 2.04. The van der Waals surface area contributed by atoms with Crippen molar-refractivity contribution in [3.63, 3.8) is 0 Å². The number of aryl methyl sites for hydroxylation is 1. The van der Waals surface area contributed by atoms with Crippen molar-refractivity contribution in [3.8, 4) is 0 Å². The van der Waals surface area contributed by atoms with Crippen molar-refractivity contribution in [3.05, 3.63) is 11.8 Å². The third-order valence-electron chi connectivity index (χ3n) is 2.04. The van der Waals surface area contributed by atoms with Crippen molar-refractivity contribution < 1.29 is 0 Å². The highest BCUT2D eigenvalue weighted by atomic mass is 15.2. The van der Waals surface area contributed by atoms with Gasteiger partial charge in [-0.2, -0.15) is 5.10 Å². The highest BCUT2D eigenvalue weighted by Gasteiger charge is 1.99. The highest BCUT2D eigenvalue weighted by molar-refractivity contribution is 5.82. The van der Waals surface area contributed by atoms with Crippen molar-refractivity contribution >= 4 is 11.7 Å². The fourth-order valence-electron chi connectivity index (χ4n) is 1.13. The Labute approximate surface area is 84.6 Å². The Morgan fingerprint density at radius 1 is 1.57 bits per heavy atom. The van der Waals surface area contributed by atoms with Gasteiger partial charge in [0.25, 0.3) is 0 Å². The van der Waals surface area contributed by atoms with E-state index in [1.165, 1.54) is 12.8 Å². The van der Waals surface area contributed by atoms with Crippen LogP contribution in [0.5, 0.6) is 0 Å². The summed E-state index contributed by atoms with van der Waals surface area (Å²) in [6.07, 6.45) is 4.16. The van der Waals surface area contributed by atoms with E-state index in [1.807, 2.05) is 13.0 Å². The van der Waals surface area contributed by atoms with E-state index >= 15 is 0 Å². The Kier molecular flexibility index (Phi) is 4.16. The van der Waals surface area contributed by atoms with Crippen LogP contribution in [-0.4, -0.2) is 16.0 Å². The van der Waals surface area contributed by atoms with E-state index in [2.05, 4.69) is 22.1 Å². The standard InChI is InChI=1S/C10H18N4/c1-3-5-6-8-7-10(14-13-8)12-9(11)4-2/h7H,3-6H2,1-2H3,(H3,11,12,13,14). The molecule has 0 aliphatic heterocycles. The van der Waals surface area contributed by atoms with Crippen LogP contribution in [0.25, 0.3) is 0 Å². The van der Waals surface area contributed by atoms with Crippen LogP contribution in [0.4, 0.5) is 5.82 Å². The van der Waals surface area contributed by atoms with Gasteiger partial charge in [0.05, 0.1) is 0 Å². The summed E-state index contributed by atoms with van der Waals surface area (Å²) < 4.78 is 0. The summed E-state index contributed by atoms with van der Waals surface area (Å²) in [4.78, 5) is 4.16. The molecule has 14 heavy (non-hydrogen) atoms. The molecule has 1 rings (SSSR count). The number of hydrogen-bond acceptors (Lipinski definition) is 2. The highest BCUT2D eigenvalue weighted by Crippen LogP contribution is 2.11. The Hall–Kier alpha value is -1.32. The minimum atomic E-state index is 0.624. The van der Waals surface area contributed by atoms with Crippen LogP contribution < -0.4 is 5.73 Å². The molecule has 78 valence electrons. The van der Waals surface area contributed by atoms with Gasteiger partial charge in [0.2, 0.25) is 0 Å². The molecule has 0 radical (unpaired) electrons. The lowest BCUT2D eigenvalue weighted by molar-refractivity contribution is 0.772. The number of H-pyrrole nitrogens is 1. The van der Waals surface area contributed by atoms with E-state index in [0.717, 1.165) is 18.5 Å². The van der Waals surface area contributed by atoms with E-state index in [4.69, 9.17) is 5.73 Å². The van der Waals surface area contributed by atoms with Gasteiger partial charge in [-0.15, -0.1) is 0 Å². The number of nitrogens with two attached hydrogens (primary N) is 1. The number of rotatable bonds is 5. The maximum absolute atomic E-state index is 5.61. The summed E-state index contributed by atoms with van der Waals surface area (Å²) in [5.74, 6) is 1.31. The maximum atomic E-state index is 5.61. The first-order chi connectivity index (χ1) is 6.76. The van der Waals surface area contributed by atoms with Gasteiger partial charge in [-0.3, -0.25) is 5.10 Å². The SMILES string of the molecule is CCCCc1cc(N=C(N)CC)n[nH]1. The molecule has 0 aliphatic rings. The van der Waals surface area contributed by atoms with Crippen molar-refractivity contribution in [2.45, 2.75) is 39.5 Å². The number of nitrogens with one attached hydrogen (secondary N) is 1. The smallest absolute Gasteiger partial charge is 0.175 e. The van der Waals surface area contributed by atoms with Gasteiger partial charge in [-0.05, 0) is 12.8 Å². The lowest BCUT2D eigenvalue weighted by atomic mass is 10.2. The number of unbranched alkanes of at least 4 members (excludes halogenated alkanes) is 1. The molecule has 4 heteroatoms. The average Bonchev–Trinajstić information content (AvgIpc) is 2.62. The molecule has 0 aromatic carbocycles. The predicted octanol–water partition coefficient (Wildman–Crippen LogP) is 2.15. The molecule has 0 saturated carbocycles. The number of hydrogen-bond donors (Lipinski definition) is 2. The summed E-state index contributed by atoms with van der Waals surface area (Å²) in [6.45, 7) is 4.15. The van der Waals surface area contributed by atoms with Crippen LogP contribution in [-0.2, 0) is 6.42 Å². The summed E-state index contributed by atoms with van der Waals surface area (Å²) >= 11 is 0. The first-order valence-electron chi connectivity index (χ1n) is 5.13. The Bertz CT molecular complexity index is 301. The topological polar surface area (TPSA) is 67.1 Å². The Morgan fingerprint density at radius 2 is 2.36 bits per heavy atom. The number of aliphatic imine (C=N–C) groups is 1. The molecule has 0 amide bonds. The quantitative estimate of drug-likeness (QED) is 0.557. The van der Waals surface area contributed by atoms with Gasteiger partial charge in [0, 0.05) is 18.2 Å². The molecule has 3 N–H and O–H groups in total. The average molecular weight is 194 g/mol. The van der Waals surface area contributed by atoms with E-state index < -0.39 is 0 Å². The third kappa shape index (κ3) is 3.20. The van der Waals surface area contributed by atoms with Crippen LogP contribution in [0.2, 0.25) is 0 Å². The fraction of sp³-hybridized carbons (Fsp3) is 0.600. The van der Waals surface area contributed by atoms with Gasteiger partial charge >= 0.3 is 0 Å².